The first-order chi connectivity index (χ1) is 22.3. The lowest BCUT2D eigenvalue weighted by Crippen LogP contribution is -2.06. The number of para-hydroxylation sites is 5. The second kappa shape index (κ2) is 9.35. The molecule has 0 amide bonds. The van der Waals surface area contributed by atoms with Gasteiger partial charge in [0.05, 0.1) is 27.8 Å². The summed E-state index contributed by atoms with van der Waals surface area (Å²) in [5.74, 6) is 0. The van der Waals surface area contributed by atoms with E-state index in [1.165, 1.54) is 66.1 Å². The number of nitrogens with zero attached hydrogens (tertiary/aromatic N) is 2. The summed E-state index contributed by atoms with van der Waals surface area (Å²) < 4.78 is 11.3. The van der Waals surface area contributed by atoms with Gasteiger partial charge in [0.1, 0.15) is 11.2 Å². The highest BCUT2D eigenvalue weighted by Gasteiger charge is 2.23. The SMILES string of the molecule is C1=C(c2ccccc2-n2c3ccccc3c3cc4oc5ccccc5c4cc32)C(n2c3ccccc3c3ccccc32)=CCC1. The van der Waals surface area contributed by atoms with Gasteiger partial charge in [-0.15, -0.1) is 0 Å². The van der Waals surface area contributed by atoms with E-state index < -0.39 is 0 Å². The molecule has 0 unspecified atom stereocenters. The van der Waals surface area contributed by atoms with Crippen molar-refractivity contribution >= 4 is 76.8 Å². The van der Waals surface area contributed by atoms with Gasteiger partial charge in [0, 0.05) is 49.2 Å². The van der Waals surface area contributed by atoms with Gasteiger partial charge >= 0.3 is 0 Å². The fourth-order valence-electron chi connectivity index (χ4n) is 7.65. The Morgan fingerprint density at radius 2 is 1.00 bits per heavy atom. The number of fused-ring (bicyclic) bond motifs is 9. The molecule has 212 valence electrons. The summed E-state index contributed by atoms with van der Waals surface area (Å²) in [5.41, 5.74) is 11.6. The number of rotatable bonds is 3. The summed E-state index contributed by atoms with van der Waals surface area (Å²) in [6.45, 7) is 0. The zero-order valence-corrected chi connectivity index (χ0v) is 24.6. The van der Waals surface area contributed by atoms with Crippen molar-refractivity contribution < 1.29 is 4.42 Å². The molecule has 0 aliphatic heterocycles. The third-order valence-corrected chi connectivity index (χ3v) is 9.56. The molecule has 0 fully saturated rings. The Morgan fingerprint density at radius 1 is 0.422 bits per heavy atom. The topological polar surface area (TPSA) is 23.0 Å². The molecule has 0 spiro atoms. The Morgan fingerprint density at radius 3 is 1.76 bits per heavy atom. The predicted molar refractivity (Wildman–Crippen MR) is 189 cm³/mol. The van der Waals surface area contributed by atoms with E-state index >= 15 is 0 Å². The maximum absolute atomic E-state index is 6.34. The second-order valence-corrected chi connectivity index (χ2v) is 12.0. The van der Waals surface area contributed by atoms with E-state index in [2.05, 4.69) is 149 Å². The first-order valence-electron chi connectivity index (χ1n) is 15.7. The number of allylic oxidation sites excluding steroid dienone is 4. The third kappa shape index (κ3) is 3.46. The number of hydrogen-bond donors (Lipinski definition) is 0. The molecule has 0 N–H and O–H groups in total. The van der Waals surface area contributed by atoms with Gasteiger partial charge in [-0.05, 0) is 55.3 Å². The molecule has 45 heavy (non-hydrogen) atoms. The Bertz CT molecular complexity index is 2660. The van der Waals surface area contributed by atoms with Crippen LogP contribution < -0.4 is 0 Å². The lowest BCUT2D eigenvalue weighted by molar-refractivity contribution is 0.669. The normalized spacial score (nSPS) is 13.9. The van der Waals surface area contributed by atoms with Crippen LogP contribution in [0.5, 0.6) is 0 Å². The van der Waals surface area contributed by atoms with Crippen LogP contribution in [0.2, 0.25) is 0 Å². The van der Waals surface area contributed by atoms with Gasteiger partial charge in [0.2, 0.25) is 0 Å². The van der Waals surface area contributed by atoms with Crippen LogP contribution in [-0.4, -0.2) is 9.13 Å². The van der Waals surface area contributed by atoms with E-state index in [9.17, 15) is 0 Å². The Hall–Kier alpha value is -5.80. The third-order valence-electron chi connectivity index (χ3n) is 9.56. The minimum atomic E-state index is 0.921. The molecule has 6 aromatic carbocycles. The molecule has 0 saturated carbocycles. The van der Waals surface area contributed by atoms with Gasteiger partial charge in [0.15, 0.2) is 0 Å². The maximum atomic E-state index is 6.34. The summed E-state index contributed by atoms with van der Waals surface area (Å²) in [5, 5.41) is 7.27. The standard InChI is InChI=1S/C42H28N2O/c1-7-19-35-27(13-1)28-14-2-8-20-36(28)43(35)37-21-9-3-15-29(37)30-16-4-10-22-38(30)44-39-23-11-5-17-31(39)33-26-42-34(25-40(33)44)32-18-6-12-24-41(32)45-42/h1-2,4-8,10-26H,3,9H2. The molecular weight excluding hydrogens is 548 g/mol. The van der Waals surface area contributed by atoms with Gasteiger partial charge < -0.3 is 13.6 Å². The van der Waals surface area contributed by atoms with Crippen LogP contribution in [0, 0.1) is 0 Å². The second-order valence-electron chi connectivity index (χ2n) is 12.0. The molecule has 0 radical (unpaired) electrons. The molecule has 3 aromatic heterocycles. The zero-order chi connectivity index (χ0) is 29.5. The molecule has 3 heterocycles. The minimum absolute atomic E-state index is 0.921. The van der Waals surface area contributed by atoms with Crippen molar-refractivity contribution in [1.82, 2.24) is 9.13 Å². The number of hydrogen-bond acceptors (Lipinski definition) is 1. The van der Waals surface area contributed by atoms with Gasteiger partial charge in [-0.1, -0.05) is 103 Å². The highest BCUT2D eigenvalue weighted by molar-refractivity contribution is 6.18. The monoisotopic (exact) mass is 576 g/mol. The molecule has 0 saturated heterocycles. The summed E-state index contributed by atoms with van der Waals surface area (Å²) in [4.78, 5) is 0. The van der Waals surface area contributed by atoms with Gasteiger partial charge in [-0.2, -0.15) is 0 Å². The average Bonchev–Trinajstić information content (AvgIpc) is 3.74. The van der Waals surface area contributed by atoms with Crippen LogP contribution >= 0.6 is 0 Å². The van der Waals surface area contributed by atoms with Crippen molar-refractivity contribution in [1.29, 1.82) is 0 Å². The summed E-state index contributed by atoms with van der Waals surface area (Å²) in [7, 11) is 0. The first kappa shape index (κ1) is 24.6. The molecule has 0 bridgehead atoms. The lowest BCUT2D eigenvalue weighted by atomic mass is 9.94. The van der Waals surface area contributed by atoms with Gasteiger partial charge in [-0.25, -0.2) is 0 Å². The summed E-state index contributed by atoms with van der Waals surface area (Å²) in [6, 6.07) is 48.1. The van der Waals surface area contributed by atoms with Crippen molar-refractivity contribution in [2.75, 3.05) is 0 Å². The van der Waals surface area contributed by atoms with Crippen molar-refractivity contribution in [3.8, 4) is 5.69 Å². The summed E-state index contributed by atoms with van der Waals surface area (Å²) in [6.07, 6.45) is 6.90. The van der Waals surface area contributed by atoms with E-state index in [0.717, 1.165) is 34.8 Å². The molecule has 3 heteroatoms. The predicted octanol–water partition coefficient (Wildman–Crippen LogP) is 11.5. The van der Waals surface area contributed by atoms with E-state index in [0.29, 0.717) is 0 Å². The van der Waals surface area contributed by atoms with E-state index in [1.54, 1.807) is 0 Å². The molecule has 9 aromatic rings. The van der Waals surface area contributed by atoms with Crippen molar-refractivity contribution in [3.63, 3.8) is 0 Å². The minimum Gasteiger partial charge on any atom is -0.456 e. The lowest BCUT2D eigenvalue weighted by Gasteiger charge is -2.23. The number of furan rings is 1. The summed E-state index contributed by atoms with van der Waals surface area (Å²) >= 11 is 0. The zero-order valence-electron chi connectivity index (χ0n) is 24.6. The average molecular weight is 577 g/mol. The van der Waals surface area contributed by atoms with E-state index in [4.69, 9.17) is 4.42 Å². The molecule has 0 atom stereocenters. The Labute approximate surface area is 259 Å². The molecular formula is C42H28N2O. The van der Waals surface area contributed by atoms with E-state index in [1.807, 2.05) is 6.07 Å². The van der Waals surface area contributed by atoms with Gasteiger partial charge in [0.25, 0.3) is 0 Å². The van der Waals surface area contributed by atoms with Crippen molar-refractivity contribution in [3.05, 3.63) is 151 Å². The molecule has 3 nitrogen and oxygen atoms in total. The van der Waals surface area contributed by atoms with Crippen LogP contribution in [0.3, 0.4) is 0 Å². The molecule has 10 rings (SSSR count). The largest absolute Gasteiger partial charge is 0.456 e. The fourth-order valence-corrected chi connectivity index (χ4v) is 7.65. The van der Waals surface area contributed by atoms with Crippen LogP contribution in [0.1, 0.15) is 18.4 Å². The first-order valence-corrected chi connectivity index (χ1v) is 15.7. The quantitative estimate of drug-likeness (QED) is 0.205. The van der Waals surface area contributed by atoms with Crippen LogP contribution in [0.4, 0.5) is 0 Å². The Kier molecular flexibility index (Phi) is 5.11. The molecule has 1 aliphatic carbocycles. The van der Waals surface area contributed by atoms with Gasteiger partial charge in [-0.3, -0.25) is 0 Å². The molecule has 1 aliphatic rings. The number of benzene rings is 6. The highest BCUT2D eigenvalue weighted by Crippen LogP contribution is 2.43. The van der Waals surface area contributed by atoms with Crippen LogP contribution in [0.25, 0.3) is 82.5 Å². The smallest absolute Gasteiger partial charge is 0.136 e. The van der Waals surface area contributed by atoms with E-state index in [-0.39, 0.29) is 0 Å². The fraction of sp³-hybridized carbons (Fsp3) is 0.0476. The van der Waals surface area contributed by atoms with Crippen molar-refractivity contribution in [2.45, 2.75) is 12.8 Å². The highest BCUT2D eigenvalue weighted by atomic mass is 16.3. The maximum Gasteiger partial charge on any atom is 0.136 e. The Balaban J connectivity index is 1.26. The number of aromatic nitrogens is 2. The van der Waals surface area contributed by atoms with Crippen LogP contribution in [0.15, 0.2) is 150 Å². The van der Waals surface area contributed by atoms with Crippen LogP contribution in [-0.2, 0) is 0 Å². The van der Waals surface area contributed by atoms with Crippen molar-refractivity contribution in [2.24, 2.45) is 0 Å².